The van der Waals surface area contributed by atoms with Gasteiger partial charge in [0.1, 0.15) is 16.2 Å². The van der Waals surface area contributed by atoms with Gasteiger partial charge in [-0.3, -0.25) is 0 Å². The quantitative estimate of drug-likeness (QED) is 0.788. The van der Waals surface area contributed by atoms with Crippen LogP contribution in [0.2, 0.25) is 0 Å². The Balaban J connectivity index is 2.06. The van der Waals surface area contributed by atoms with Crippen molar-refractivity contribution in [2.75, 3.05) is 6.54 Å². The SMILES string of the molecule is NCCc1c(Sc2nncs2)nc2ccccn12. The first-order valence-corrected chi connectivity index (χ1v) is 7.18. The molecule has 0 atom stereocenters. The lowest BCUT2D eigenvalue weighted by Crippen LogP contribution is -2.05. The molecule has 0 saturated heterocycles. The summed E-state index contributed by atoms with van der Waals surface area (Å²) in [6.07, 6.45) is 2.81. The maximum absolute atomic E-state index is 5.68. The van der Waals surface area contributed by atoms with Crippen molar-refractivity contribution < 1.29 is 0 Å². The van der Waals surface area contributed by atoms with Gasteiger partial charge in [0.05, 0.1) is 5.69 Å². The molecule has 0 amide bonds. The number of rotatable bonds is 4. The van der Waals surface area contributed by atoms with Crippen LogP contribution in [-0.2, 0) is 6.42 Å². The van der Waals surface area contributed by atoms with Crippen molar-refractivity contribution >= 4 is 28.7 Å². The Labute approximate surface area is 112 Å². The number of aromatic nitrogens is 4. The van der Waals surface area contributed by atoms with Gasteiger partial charge in [-0.2, -0.15) is 0 Å². The molecule has 7 heteroatoms. The number of imidazole rings is 1. The first kappa shape index (κ1) is 11.6. The minimum absolute atomic E-state index is 0.604. The summed E-state index contributed by atoms with van der Waals surface area (Å²) in [7, 11) is 0. The summed E-state index contributed by atoms with van der Waals surface area (Å²) in [5.74, 6) is 0. The van der Waals surface area contributed by atoms with E-state index in [1.165, 1.54) is 11.3 Å². The molecule has 3 aromatic heterocycles. The molecule has 3 aromatic rings. The maximum atomic E-state index is 5.68. The first-order chi connectivity index (χ1) is 8.88. The van der Waals surface area contributed by atoms with Crippen molar-refractivity contribution in [2.24, 2.45) is 5.73 Å². The molecule has 0 unspecified atom stereocenters. The highest BCUT2D eigenvalue weighted by Crippen LogP contribution is 2.31. The Kier molecular flexibility index (Phi) is 3.26. The van der Waals surface area contributed by atoms with E-state index in [0.29, 0.717) is 6.54 Å². The summed E-state index contributed by atoms with van der Waals surface area (Å²) >= 11 is 3.06. The number of nitrogens with zero attached hydrogens (tertiary/aromatic N) is 4. The lowest BCUT2D eigenvalue weighted by atomic mass is 10.3. The molecule has 5 nitrogen and oxygen atoms in total. The van der Waals surface area contributed by atoms with Crippen LogP contribution < -0.4 is 5.73 Å². The largest absolute Gasteiger partial charge is 0.330 e. The zero-order chi connectivity index (χ0) is 12.4. The number of hydrogen-bond acceptors (Lipinski definition) is 6. The van der Waals surface area contributed by atoms with Gasteiger partial charge >= 0.3 is 0 Å². The van der Waals surface area contributed by atoms with Gasteiger partial charge in [0.15, 0.2) is 4.34 Å². The topological polar surface area (TPSA) is 69.1 Å². The third-order valence-electron chi connectivity index (χ3n) is 2.50. The van der Waals surface area contributed by atoms with E-state index in [2.05, 4.69) is 19.6 Å². The van der Waals surface area contributed by atoms with Crippen LogP contribution in [-0.4, -0.2) is 26.1 Å². The molecule has 3 heterocycles. The highest BCUT2D eigenvalue weighted by molar-refractivity contribution is 8.01. The fourth-order valence-corrected chi connectivity index (χ4v) is 3.31. The Morgan fingerprint density at radius 2 is 2.33 bits per heavy atom. The maximum Gasteiger partial charge on any atom is 0.180 e. The molecule has 0 radical (unpaired) electrons. The van der Waals surface area contributed by atoms with Gasteiger partial charge in [0.2, 0.25) is 0 Å². The molecule has 0 aliphatic heterocycles. The predicted molar refractivity (Wildman–Crippen MR) is 72.0 cm³/mol. The van der Waals surface area contributed by atoms with E-state index in [1.807, 2.05) is 24.4 Å². The number of pyridine rings is 1. The molecule has 0 saturated carbocycles. The van der Waals surface area contributed by atoms with Crippen LogP contribution in [0.5, 0.6) is 0 Å². The zero-order valence-electron chi connectivity index (χ0n) is 9.48. The molecule has 3 rings (SSSR count). The van der Waals surface area contributed by atoms with Gasteiger partial charge in [0, 0.05) is 12.6 Å². The third kappa shape index (κ3) is 2.12. The summed E-state index contributed by atoms with van der Waals surface area (Å²) in [6.45, 7) is 0.604. The molecule has 18 heavy (non-hydrogen) atoms. The van der Waals surface area contributed by atoms with Gasteiger partial charge in [-0.25, -0.2) is 4.98 Å². The van der Waals surface area contributed by atoms with Gasteiger partial charge < -0.3 is 10.1 Å². The third-order valence-corrected chi connectivity index (χ3v) is 4.30. The van der Waals surface area contributed by atoms with Crippen LogP contribution in [0.25, 0.3) is 5.65 Å². The van der Waals surface area contributed by atoms with Crippen molar-refractivity contribution in [1.82, 2.24) is 19.6 Å². The van der Waals surface area contributed by atoms with E-state index in [1.54, 1.807) is 17.3 Å². The predicted octanol–water partition coefficient (Wildman–Crippen LogP) is 1.84. The first-order valence-electron chi connectivity index (χ1n) is 5.48. The Morgan fingerprint density at radius 3 is 3.11 bits per heavy atom. The average Bonchev–Trinajstić information content (AvgIpc) is 3.00. The molecule has 0 spiro atoms. The van der Waals surface area contributed by atoms with E-state index >= 15 is 0 Å². The Morgan fingerprint density at radius 1 is 1.39 bits per heavy atom. The van der Waals surface area contributed by atoms with Crippen molar-refractivity contribution in [2.45, 2.75) is 15.8 Å². The minimum atomic E-state index is 0.604. The Hall–Kier alpha value is -1.44. The fourth-order valence-electron chi connectivity index (χ4n) is 1.76. The smallest absolute Gasteiger partial charge is 0.180 e. The summed E-state index contributed by atoms with van der Waals surface area (Å²) in [5, 5.41) is 8.83. The van der Waals surface area contributed by atoms with Gasteiger partial charge in [-0.15, -0.1) is 10.2 Å². The molecular formula is C11H11N5S2. The molecular weight excluding hydrogens is 266 g/mol. The summed E-state index contributed by atoms with van der Waals surface area (Å²) < 4.78 is 2.98. The van der Waals surface area contributed by atoms with E-state index in [9.17, 15) is 0 Å². The van der Waals surface area contributed by atoms with E-state index < -0.39 is 0 Å². The van der Waals surface area contributed by atoms with E-state index in [4.69, 9.17) is 5.73 Å². The molecule has 2 N–H and O–H groups in total. The van der Waals surface area contributed by atoms with Gasteiger partial charge in [0.25, 0.3) is 0 Å². The van der Waals surface area contributed by atoms with E-state index in [-0.39, 0.29) is 0 Å². The molecule has 92 valence electrons. The normalized spacial score (nSPS) is 11.2. The van der Waals surface area contributed by atoms with Crippen LogP contribution in [0, 0.1) is 0 Å². The number of nitrogens with two attached hydrogens (primary N) is 1. The lowest BCUT2D eigenvalue weighted by Gasteiger charge is -2.01. The minimum Gasteiger partial charge on any atom is -0.330 e. The highest BCUT2D eigenvalue weighted by atomic mass is 32.2. The summed E-state index contributed by atoms with van der Waals surface area (Å²) in [5.41, 5.74) is 9.47. The fraction of sp³-hybridized carbons (Fsp3) is 0.182. The van der Waals surface area contributed by atoms with Crippen LogP contribution in [0.4, 0.5) is 0 Å². The lowest BCUT2D eigenvalue weighted by molar-refractivity contribution is 0.875. The molecule has 0 fully saturated rings. The zero-order valence-corrected chi connectivity index (χ0v) is 11.1. The average molecular weight is 277 g/mol. The second-order valence-corrected chi connectivity index (χ2v) is 5.71. The number of hydrogen-bond donors (Lipinski definition) is 1. The van der Waals surface area contributed by atoms with Crippen molar-refractivity contribution in [1.29, 1.82) is 0 Å². The Bertz CT molecular complexity index is 647. The molecule has 0 aromatic carbocycles. The monoisotopic (exact) mass is 277 g/mol. The van der Waals surface area contributed by atoms with Crippen LogP contribution in [0.1, 0.15) is 5.69 Å². The second kappa shape index (κ2) is 5.05. The molecule has 0 aliphatic rings. The molecule has 0 aliphatic carbocycles. The van der Waals surface area contributed by atoms with Gasteiger partial charge in [-0.1, -0.05) is 17.4 Å². The summed E-state index contributed by atoms with van der Waals surface area (Å²) in [6, 6.07) is 5.96. The van der Waals surface area contributed by atoms with Crippen molar-refractivity contribution in [3.05, 3.63) is 35.6 Å². The van der Waals surface area contributed by atoms with E-state index in [0.717, 1.165) is 27.1 Å². The van der Waals surface area contributed by atoms with Crippen LogP contribution in [0.15, 0.2) is 39.3 Å². The summed E-state index contributed by atoms with van der Waals surface area (Å²) in [4.78, 5) is 4.62. The van der Waals surface area contributed by atoms with Crippen molar-refractivity contribution in [3.8, 4) is 0 Å². The van der Waals surface area contributed by atoms with Crippen LogP contribution >= 0.6 is 23.1 Å². The van der Waals surface area contributed by atoms with Crippen LogP contribution in [0.3, 0.4) is 0 Å². The highest BCUT2D eigenvalue weighted by Gasteiger charge is 2.13. The molecule has 0 bridgehead atoms. The standard InChI is InChI=1S/C11H11N5S2/c12-5-4-8-10(18-11-15-13-7-17-11)14-9-3-1-2-6-16(8)9/h1-3,6-7H,4-5,12H2. The van der Waals surface area contributed by atoms with Crippen molar-refractivity contribution in [3.63, 3.8) is 0 Å². The number of fused-ring (bicyclic) bond motifs is 1. The second-order valence-electron chi connectivity index (χ2n) is 3.64. The van der Waals surface area contributed by atoms with Gasteiger partial charge in [-0.05, 0) is 30.4 Å².